The van der Waals surface area contributed by atoms with Gasteiger partial charge in [-0.05, 0) is 92.9 Å². The van der Waals surface area contributed by atoms with Crippen molar-refractivity contribution in [1.29, 1.82) is 0 Å². The number of carboxylic acid groups (broad SMARTS) is 2. The fraction of sp³-hybridized carbons (Fsp3) is 0.588. The van der Waals surface area contributed by atoms with Gasteiger partial charge in [-0.2, -0.15) is 0 Å². The number of aliphatic hydroxyl groups is 2. The summed E-state index contributed by atoms with van der Waals surface area (Å²) < 4.78 is 17.3. The lowest BCUT2D eigenvalue weighted by atomic mass is 9.94. The number of carboxylic acids is 2. The van der Waals surface area contributed by atoms with Crippen LogP contribution in [0.15, 0.2) is 42.5 Å². The predicted octanol–water partition coefficient (Wildman–Crippen LogP) is 3.71. The molecule has 4 fully saturated rings. The first-order valence-electron chi connectivity index (χ1n) is 16.2. The zero-order valence-corrected chi connectivity index (χ0v) is 26.9. The molecule has 0 bridgehead atoms. The van der Waals surface area contributed by atoms with E-state index in [1.165, 1.54) is 12.8 Å². The summed E-state index contributed by atoms with van der Waals surface area (Å²) in [6.45, 7) is 2.82. The molecule has 6 rings (SSSR count). The number of ether oxygens (including phenoxy) is 3. The topological polar surface area (TPSA) is 167 Å². The van der Waals surface area contributed by atoms with Crippen molar-refractivity contribution in [2.24, 2.45) is 0 Å². The van der Waals surface area contributed by atoms with Gasteiger partial charge in [0.25, 0.3) is 0 Å². The first-order chi connectivity index (χ1) is 22.2. The van der Waals surface area contributed by atoms with Crippen LogP contribution in [0.1, 0.15) is 74.2 Å². The van der Waals surface area contributed by atoms with Crippen LogP contribution in [0.25, 0.3) is 0 Å². The van der Waals surface area contributed by atoms with Crippen LogP contribution in [-0.2, 0) is 25.5 Å². The van der Waals surface area contributed by atoms with Gasteiger partial charge in [0.1, 0.15) is 24.4 Å². The first-order valence-corrected chi connectivity index (χ1v) is 16.6. The van der Waals surface area contributed by atoms with Gasteiger partial charge in [-0.1, -0.05) is 35.9 Å². The summed E-state index contributed by atoms with van der Waals surface area (Å²) in [6, 6.07) is 13.3. The van der Waals surface area contributed by atoms with E-state index in [9.17, 15) is 19.8 Å². The zero-order valence-electron chi connectivity index (χ0n) is 26.1. The first kappa shape index (κ1) is 36.1. The molecular weight excluding hydrogens is 616 g/mol. The second-order valence-electron chi connectivity index (χ2n) is 12.1. The quantitative estimate of drug-likeness (QED) is 0.194. The lowest BCUT2D eigenvalue weighted by molar-refractivity contribution is -0.140. The van der Waals surface area contributed by atoms with Gasteiger partial charge in [0.15, 0.2) is 0 Å². The number of hydrogen-bond donors (Lipinski definition) is 6. The number of benzene rings is 2. The lowest BCUT2D eigenvalue weighted by Crippen LogP contribution is -2.33. The Hall–Kier alpha value is -2.77. The number of hydrogen-bond acceptors (Lipinski definition) is 9. The van der Waals surface area contributed by atoms with Crippen LogP contribution < -0.4 is 15.4 Å². The Bertz CT molecular complexity index is 1210. The van der Waals surface area contributed by atoms with Crippen molar-refractivity contribution in [3.8, 4) is 5.75 Å². The maximum atomic E-state index is 10.1. The fourth-order valence-corrected chi connectivity index (χ4v) is 5.76. The molecule has 5 atom stereocenters. The van der Waals surface area contributed by atoms with Crippen molar-refractivity contribution in [3.05, 3.63) is 64.2 Å². The Morgan fingerprint density at radius 2 is 1.54 bits per heavy atom. The van der Waals surface area contributed by atoms with Crippen molar-refractivity contribution in [2.75, 3.05) is 32.9 Å². The van der Waals surface area contributed by atoms with Gasteiger partial charge < -0.3 is 45.3 Å². The molecule has 0 radical (unpaired) electrons. The van der Waals surface area contributed by atoms with Crippen molar-refractivity contribution in [2.45, 2.75) is 94.3 Å². The van der Waals surface area contributed by atoms with E-state index in [0.717, 1.165) is 61.2 Å². The average molecular weight is 663 g/mol. The van der Waals surface area contributed by atoms with E-state index in [2.05, 4.69) is 10.6 Å². The fourth-order valence-electron chi connectivity index (χ4n) is 5.58. The molecule has 12 heteroatoms. The summed E-state index contributed by atoms with van der Waals surface area (Å²) in [7, 11) is 0. The number of aliphatic hydroxyl groups excluding tert-OH is 2. The molecule has 6 N–H and O–H groups in total. The molecule has 4 aliphatic rings. The molecule has 3 saturated heterocycles. The van der Waals surface area contributed by atoms with E-state index in [1.54, 1.807) is 0 Å². The second kappa shape index (κ2) is 18.5. The third-order valence-electron chi connectivity index (χ3n) is 8.29. The van der Waals surface area contributed by atoms with E-state index < -0.39 is 18.0 Å². The zero-order chi connectivity index (χ0) is 32.9. The third-order valence-corrected chi connectivity index (χ3v) is 8.66. The smallest absolute Gasteiger partial charge is 0.320 e. The molecule has 5 unspecified atom stereocenters. The molecule has 2 aromatic carbocycles. The summed E-state index contributed by atoms with van der Waals surface area (Å²) >= 11 is 6.45. The molecule has 254 valence electrons. The highest BCUT2D eigenvalue weighted by Crippen LogP contribution is 2.34. The monoisotopic (exact) mass is 662 g/mol. The van der Waals surface area contributed by atoms with Gasteiger partial charge in [-0.3, -0.25) is 9.59 Å². The van der Waals surface area contributed by atoms with Gasteiger partial charge in [-0.15, -0.1) is 0 Å². The summed E-state index contributed by atoms with van der Waals surface area (Å²) in [4.78, 5) is 20.3. The van der Waals surface area contributed by atoms with Gasteiger partial charge >= 0.3 is 11.9 Å². The van der Waals surface area contributed by atoms with Crippen molar-refractivity contribution in [1.82, 2.24) is 10.6 Å². The maximum Gasteiger partial charge on any atom is 0.320 e. The molecule has 0 amide bonds. The van der Waals surface area contributed by atoms with Crippen LogP contribution in [-0.4, -0.2) is 95.7 Å². The minimum Gasteiger partial charge on any atom is -0.491 e. The molecule has 0 spiro atoms. The summed E-state index contributed by atoms with van der Waals surface area (Å²) in [5, 5.41) is 42.6. The third kappa shape index (κ3) is 12.1. The van der Waals surface area contributed by atoms with Crippen LogP contribution in [0.2, 0.25) is 5.02 Å². The van der Waals surface area contributed by atoms with Crippen LogP contribution in [0, 0.1) is 0 Å². The molecule has 46 heavy (non-hydrogen) atoms. The van der Waals surface area contributed by atoms with Crippen LogP contribution >= 0.6 is 11.6 Å². The molecule has 3 heterocycles. The van der Waals surface area contributed by atoms with Crippen LogP contribution in [0.3, 0.4) is 0 Å². The number of halogens is 1. The van der Waals surface area contributed by atoms with Gasteiger partial charge in [0.2, 0.25) is 0 Å². The lowest BCUT2D eigenvalue weighted by Gasteiger charge is -2.32. The van der Waals surface area contributed by atoms with Crippen molar-refractivity contribution >= 4 is 23.5 Å². The van der Waals surface area contributed by atoms with E-state index in [1.807, 2.05) is 42.5 Å². The Morgan fingerprint density at radius 1 is 0.891 bits per heavy atom. The van der Waals surface area contributed by atoms with Crippen LogP contribution in [0.4, 0.5) is 0 Å². The summed E-state index contributed by atoms with van der Waals surface area (Å²) in [5.74, 6) is -0.609. The SMILES string of the molecule is O=C(O)C1CCCN1.O=C(O)C1CCCN1.OCC1CC(O)CC(c2ccc(Cl)c(Cc3ccc(OCCOC4CC4)cc3)c2)O1. The van der Waals surface area contributed by atoms with Crippen molar-refractivity contribution < 1.29 is 44.2 Å². The van der Waals surface area contributed by atoms with Crippen LogP contribution in [0.5, 0.6) is 5.75 Å². The number of rotatable bonds is 11. The Labute approximate surface area is 275 Å². The van der Waals surface area contributed by atoms with E-state index in [0.29, 0.717) is 43.6 Å². The summed E-state index contributed by atoms with van der Waals surface area (Å²) in [6.07, 6.45) is 7.01. The molecule has 2 aromatic rings. The molecule has 1 aliphatic carbocycles. The largest absolute Gasteiger partial charge is 0.491 e. The van der Waals surface area contributed by atoms with E-state index in [-0.39, 0.29) is 30.9 Å². The van der Waals surface area contributed by atoms with Gasteiger partial charge in [0, 0.05) is 17.9 Å². The Kier molecular flexibility index (Phi) is 14.5. The Morgan fingerprint density at radius 3 is 2.07 bits per heavy atom. The highest BCUT2D eigenvalue weighted by atomic mass is 35.5. The molecule has 11 nitrogen and oxygen atoms in total. The summed E-state index contributed by atoms with van der Waals surface area (Å²) in [5.41, 5.74) is 3.11. The number of aliphatic carboxylic acids is 2. The second-order valence-corrected chi connectivity index (χ2v) is 12.5. The average Bonchev–Trinajstić information content (AvgIpc) is 3.45. The minimum atomic E-state index is -0.720. The maximum absolute atomic E-state index is 10.1. The minimum absolute atomic E-state index is 0.0882. The normalized spacial score (nSPS) is 25.5. The van der Waals surface area contributed by atoms with Gasteiger partial charge in [0.05, 0.1) is 37.6 Å². The van der Waals surface area contributed by atoms with Gasteiger partial charge in [-0.25, -0.2) is 0 Å². The number of nitrogens with one attached hydrogen (secondary N) is 2. The molecular formula is C34H47ClN2O9. The molecule has 1 saturated carbocycles. The van der Waals surface area contributed by atoms with E-state index >= 15 is 0 Å². The van der Waals surface area contributed by atoms with E-state index in [4.69, 9.17) is 36.0 Å². The number of carbonyl (C=O) groups is 2. The highest BCUT2D eigenvalue weighted by molar-refractivity contribution is 6.31. The highest BCUT2D eigenvalue weighted by Gasteiger charge is 2.29. The Balaban J connectivity index is 0.000000243. The standard InChI is InChI=1S/C24H29ClO5.2C5H9NO2/c25-23-8-3-17(24-14-19(27)13-22(15-26)30-24)12-18(23)11-16-1-4-20(5-2-16)28-9-10-29-21-6-7-21;2*7-5(8)4-2-1-3-6-4/h1-5,8,12,19,21-22,24,26-27H,6-7,9-11,13-15H2;2*4,6H,1-3H2,(H,7,8). The predicted molar refractivity (Wildman–Crippen MR) is 172 cm³/mol. The molecule has 3 aliphatic heterocycles. The molecule has 0 aromatic heterocycles. The van der Waals surface area contributed by atoms with Crippen molar-refractivity contribution in [3.63, 3.8) is 0 Å².